The van der Waals surface area contributed by atoms with Crippen LogP contribution < -0.4 is 49.9 Å². The number of aryl methyl sites for hydroxylation is 4. The molecule has 20 rings (SSSR count). The summed E-state index contributed by atoms with van der Waals surface area (Å²) in [4.78, 5) is 109. The minimum atomic E-state index is -3.65. The lowest BCUT2D eigenvalue weighted by Gasteiger charge is -2.13. The number of anilines is 5. The molecule has 0 amide bonds. The number of nitrogens with two attached hydrogens (primary N) is 4. The van der Waals surface area contributed by atoms with Gasteiger partial charge in [-0.3, -0.25) is 33.6 Å². The van der Waals surface area contributed by atoms with Crippen LogP contribution in [0.2, 0.25) is 25.1 Å². The lowest BCUT2D eigenvalue weighted by atomic mass is 10.0. The van der Waals surface area contributed by atoms with Crippen LogP contribution in [0.3, 0.4) is 0 Å². The molecule has 0 aliphatic heterocycles. The molecular weight excluding hydrogens is 1750 g/mol. The van der Waals surface area contributed by atoms with Crippen LogP contribution in [0, 0.1) is 32.1 Å². The summed E-state index contributed by atoms with van der Waals surface area (Å²) in [6.07, 6.45) is 12.9. The second-order valence-electron chi connectivity index (χ2n) is 27.0. The maximum Gasteiger partial charge on any atom is 0.291 e. The molecule has 0 spiro atoms. The van der Waals surface area contributed by atoms with Gasteiger partial charge in [0.2, 0.25) is 15.9 Å². The number of oxazole rings is 5. The molecule has 0 aliphatic carbocycles. The van der Waals surface area contributed by atoms with Crippen molar-refractivity contribution in [2.24, 2.45) is 7.05 Å². The molecule has 46 heteroatoms. The number of hydrogen-bond acceptors (Lipinski definition) is 33. The number of pyridine rings is 1. The highest BCUT2D eigenvalue weighted by Crippen LogP contribution is 2.40. The number of nitrogens with one attached hydrogen (secondary N) is 5. The Hall–Kier alpha value is -16.1. The Kier molecular flexibility index (Phi) is 22.8. The summed E-state index contributed by atoms with van der Waals surface area (Å²) in [6.45, 7) is 5.20. The number of aromatic amines is 4. The number of sulfonamides is 1. The molecule has 0 aliphatic rings. The molecule has 0 fully saturated rings. The quantitative estimate of drug-likeness (QED) is 0.0548. The number of aromatic nitrogens is 22. The van der Waals surface area contributed by atoms with Gasteiger partial charge in [0.05, 0.1) is 82.9 Å². The number of fused-ring (bicyclic) bond motifs is 5. The third kappa shape index (κ3) is 17.4. The Bertz CT molecular complexity index is 7390. The average Bonchev–Trinajstić information content (AvgIpc) is 0.851. The van der Waals surface area contributed by atoms with E-state index in [9.17, 15) is 32.9 Å². The summed E-state index contributed by atoms with van der Waals surface area (Å²) in [5.74, 6) is 0.910. The molecule has 0 bridgehead atoms. The lowest BCUT2D eigenvalue weighted by Crippen LogP contribution is -2.18. The topological polar surface area (TPSA) is 600 Å². The summed E-state index contributed by atoms with van der Waals surface area (Å²) in [5.41, 5.74) is 33.7. The summed E-state index contributed by atoms with van der Waals surface area (Å²) in [5, 5.41) is 28.7. The average molecular weight is 1810 g/mol. The van der Waals surface area contributed by atoms with Crippen LogP contribution in [-0.4, -0.2) is 124 Å². The van der Waals surface area contributed by atoms with Crippen LogP contribution in [0.5, 0.6) is 0 Å². The molecule has 0 saturated carbocycles. The number of halogens is 5. The molecule has 14 heterocycles. The van der Waals surface area contributed by atoms with Crippen LogP contribution in [0.4, 0.5) is 29.1 Å². The van der Waals surface area contributed by atoms with Gasteiger partial charge in [-0.2, -0.15) is 15.5 Å². The predicted molar refractivity (Wildman–Crippen MR) is 468 cm³/mol. The van der Waals surface area contributed by atoms with Crippen molar-refractivity contribution in [2.75, 3.05) is 33.9 Å². The van der Waals surface area contributed by atoms with Crippen LogP contribution >= 0.6 is 58.0 Å². The van der Waals surface area contributed by atoms with E-state index >= 15 is 0 Å². The van der Waals surface area contributed by atoms with Crippen molar-refractivity contribution in [1.82, 2.24) is 110 Å². The van der Waals surface area contributed by atoms with Crippen molar-refractivity contribution in [3.8, 4) is 114 Å². The zero-order chi connectivity index (χ0) is 88.7. The molecule has 13 N–H and O–H groups in total. The van der Waals surface area contributed by atoms with Crippen LogP contribution in [0.1, 0.15) is 23.2 Å². The third-order valence-corrected chi connectivity index (χ3v) is 20.2. The Labute approximate surface area is 728 Å². The van der Waals surface area contributed by atoms with Gasteiger partial charge in [-0.1, -0.05) is 94.4 Å². The summed E-state index contributed by atoms with van der Waals surface area (Å²) in [7, 11) is -1.87. The Morgan fingerprint density at radius 1 is 0.460 bits per heavy atom. The largest absolute Gasteiger partial charge is 0.443 e. The van der Waals surface area contributed by atoms with Gasteiger partial charge in [0.1, 0.15) is 45.2 Å². The maximum absolute atomic E-state index is 12.0. The van der Waals surface area contributed by atoms with Crippen LogP contribution in [0.15, 0.2) is 211 Å². The fourth-order valence-electron chi connectivity index (χ4n) is 12.6. The molecule has 0 unspecified atom stereocenters. The number of hydrogen-bond donors (Lipinski definition) is 9. The van der Waals surface area contributed by atoms with Gasteiger partial charge in [0.25, 0.3) is 28.1 Å². The van der Waals surface area contributed by atoms with Gasteiger partial charge in [0, 0.05) is 78.3 Å². The van der Waals surface area contributed by atoms with Gasteiger partial charge < -0.3 is 69.4 Å². The van der Waals surface area contributed by atoms with Gasteiger partial charge in [-0.05, 0) is 85.8 Å². The van der Waals surface area contributed by atoms with E-state index in [0.717, 1.165) is 17.3 Å². The smallest absolute Gasteiger partial charge is 0.291 e. The van der Waals surface area contributed by atoms with Gasteiger partial charge in [-0.25, -0.2) is 67.9 Å². The normalized spacial score (nSPS) is 11.2. The van der Waals surface area contributed by atoms with Crippen molar-refractivity contribution < 1.29 is 34.9 Å². The zero-order valence-electron chi connectivity index (χ0n) is 65.1. The van der Waals surface area contributed by atoms with Crippen LogP contribution in [0.25, 0.3) is 163 Å². The molecule has 126 heavy (non-hydrogen) atoms. The first-order chi connectivity index (χ1) is 60.5. The highest BCUT2D eigenvalue weighted by molar-refractivity contribution is 7.92. The minimum absolute atomic E-state index is 0.124. The number of rotatable bonds is 12. The standard InChI is InChI=1S/C21H14ClN5O2S.2C15H11ClN6O2.C15H10ClN5O3.C14H9ClN6O3/c1-30(28,29)27-21-17(12-23)25-20(19(26-21)13-6-3-2-4-7-13)15-10-14-8-5-9-24-18(14)16(22)11-15;1-22-3-2-9(21-22)13-11(20-15(23)14(17)19-13)7-4-8(16)12-10(5-7)24-6-18-12;1-7-2-3-22(21-7)14-11(19-15(23)13(17)20-14)8-4-9(16)12-10(5-8)24-6-18-12;1-6-18-4-10(24-6)13-11(21-15(22)14(17)20-13)7-2-8(16)12-9(3-7)23-5-19-12;1-5-20-21-14(24-5)11-9(19-13(22)12(16)18-11)6-2-7(15)10-8(3-6)23-4-17-10/h2-11H,1H3,(H,26,27);2-6H,1H3,(H2,17,19)(H,20,23);2-6H,1H3,(H2,17,20)(H,19,23);2-5H,1H3,(H2,17,20)(H,21,22);2-4H,1H3,(H2,16,18)(H,19,22). The molecule has 0 radical (unpaired) electrons. The van der Waals surface area contributed by atoms with Crippen molar-refractivity contribution in [2.45, 2.75) is 20.8 Å². The fourth-order valence-corrected chi connectivity index (χ4v) is 14.4. The first kappa shape index (κ1) is 83.5. The minimum Gasteiger partial charge on any atom is -0.443 e. The fraction of sp³-hybridized carbons (Fsp3) is 0.0625. The molecule has 20 aromatic rings. The van der Waals surface area contributed by atoms with Crippen LogP contribution in [-0.2, 0) is 17.1 Å². The van der Waals surface area contributed by atoms with Crippen molar-refractivity contribution in [1.29, 1.82) is 5.26 Å². The summed E-state index contributed by atoms with van der Waals surface area (Å²) >= 11 is 31.4. The molecule has 6 aromatic carbocycles. The summed E-state index contributed by atoms with van der Waals surface area (Å²) < 4.78 is 61.0. The highest BCUT2D eigenvalue weighted by atomic mass is 35.5. The Balaban J connectivity index is 0.000000116. The third-order valence-electron chi connectivity index (χ3n) is 18.2. The molecule has 0 saturated heterocycles. The van der Waals surface area contributed by atoms with Gasteiger partial charge in [-0.15, -0.1) is 10.2 Å². The molecular formula is C80H55Cl5N28O12S. The monoisotopic (exact) mass is 1810 g/mol. The Morgan fingerprint density at radius 2 is 0.937 bits per heavy atom. The summed E-state index contributed by atoms with van der Waals surface area (Å²) in [6, 6.07) is 35.4. The highest BCUT2D eigenvalue weighted by Gasteiger charge is 2.26. The van der Waals surface area contributed by atoms with Crippen molar-refractivity contribution >= 4 is 152 Å². The van der Waals surface area contributed by atoms with E-state index in [2.05, 4.69) is 105 Å². The number of benzene rings is 6. The molecule has 40 nitrogen and oxygen atoms in total. The van der Waals surface area contributed by atoms with Gasteiger partial charge in [0.15, 0.2) is 106 Å². The van der Waals surface area contributed by atoms with Crippen molar-refractivity contribution in [3.63, 3.8) is 0 Å². The zero-order valence-corrected chi connectivity index (χ0v) is 69.7. The number of nitriles is 1. The Morgan fingerprint density at radius 3 is 1.41 bits per heavy atom. The SMILES string of the molecule is CS(=O)(=O)Nc1nc(-c2ccccc2)c(-c2cc(Cl)c3ncccc3c2)nc1C#N.Cc1ccn(-c2nc(N)c(=O)[nH]c2-c2cc(Cl)c3ncoc3c2)n1.Cc1ncc(-c2nc(N)c(=O)[nH]c2-c2cc(Cl)c3ncoc3c2)o1.Cc1nnc(-c2nc(N)c(=O)[nH]c2-c2cc(Cl)c3ncoc3c2)o1.Cn1ccc(-c2nc(N)c(=O)[nH]c2-c2cc(Cl)c3ncoc3c2)n1. The predicted octanol–water partition coefficient (Wildman–Crippen LogP) is 13.7. The van der Waals surface area contributed by atoms with E-state index in [4.69, 9.17) is 107 Å². The van der Waals surface area contributed by atoms with E-state index in [1.54, 1.807) is 111 Å². The first-order valence-electron chi connectivity index (χ1n) is 36.3. The second-order valence-corrected chi connectivity index (χ2v) is 30.7. The van der Waals surface area contributed by atoms with E-state index in [0.29, 0.717) is 183 Å². The molecule has 628 valence electrons. The van der Waals surface area contributed by atoms with Gasteiger partial charge >= 0.3 is 0 Å². The first-order valence-corrected chi connectivity index (χ1v) is 40.1. The van der Waals surface area contributed by atoms with Crippen molar-refractivity contribution in [3.05, 3.63) is 255 Å². The van der Waals surface area contributed by atoms with E-state index in [1.807, 2.05) is 61.5 Å². The lowest BCUT2D eigenvalue weighted by molar-refractivity contribution is 0.531. The number of nitrogens with zero attached hydrogens (tertiary/aromatic N) is 19. The molecule has 0 atom stereocenters. The molecule has 14 aromatic heterocycles. The number of H-pyrrole nitrogens is 4. The van der Waals surface area contributed by atoms with E-state index < -0.39 is 32.3 Å². The van der Waals surface area contributed by atoms with E-state index in [1.165, 1.54) is 36.5 Å². The second kappa shape index (κ2) is 34.4. The van der Waals surface area contributed by atoms with E-state index in [-0.39, 0.29) is 46.4 Å². The maximum atomic E-state index is 12.0. The number of nitrogen functional groups attached to an aromatic ring is 4.